The van der Waals surface area contributed by atoms with Crippen LogP contribution in [0.25, 0.3) is 16.7 Å². The molecule has 0 saturated carbocycles. The fourth-order valence-corrected chi connectivity index (χ4v) is 5.85. The number of fused-ring (bicyclic) bond motifs is 3. The number of anilines is 1. The monoisotopic (exact) mass is 553 g/mol. The molecule has 1 fully saturated rings. The third-order valence-electron chi connectivity index (χ3n) is 7.66. The Kier molecular flexibility index (Phi) is 7.48. The molecule has 0 amide bonds. The number of aromatic nitrogens is 2. The van der Waals surface area contributed by atoms with Crippen molar-refractivity contribution in [2.24, 2.45) is 0 Å². The number of hydrogen-bond acceptors (Lipinski definition) is 7. The number of benzene rings is 3. The molecule has 4 heterocycles. The number of imidazole rings is 1. The van der Waals surface area contributed by atoms with Crippen LogP contribution in [0.15, 0.2) is 54.6 Å². The normalized spacial score (nSPS) is 19.8. The van der Waals surface area contributed by atoms with Gasteiger partial charge in [0.1, 0.15) is 36.4 Å². The number of carbonyl (C=O) groups is 1. The summed E-state index contributed by atoms with van der Waals surface area (Å²) < 4.78 is 39.5. The molecule has 3 aromatic carbocycles. The average molecular weight is 554 g/mol. The van der Waals surface area contributed by atoms with Gasteiger partial charge in [0.05, 0.1) is 22.8 Å². The Morgan fingerprint density at radius 2 is 1.93 bits per heavy atom. The van der Waals surface area contributed by atoms with Crippen molar-refractivity contribution in [3.63, 3.8) is 0 Å². The van der Waals surface area contributed by atoms with E-state index in [1.54, 1.807) is 12.1 Å². The summed E-state index contributed by atoms with van der Waals surface area (Å²) in [7, 11) is 0. The van der Waals surface area contributed by atoms with Crippen molar-refractivity contribution >= 4 is 22.7 Å². The van der Waals surface area contributed by atoms with Crippen molar-refractivity contribution in [2.75, 3.05) is 31.7 Å². The summed E-state index contributed by atoms with van der Waals surface area (Å²) in [5.74, 6) is 1.95. The van der Waals surface area contributed by atoms with Gasteiger partial charge in [-0.3, -0.25) is 9.36 Å². The summed E-state index contributed by atoms with van der Waals surface area (Å²) in [6.07, 6.45) is 1.35. The maximum absolute atomic E-state index is 14.4. The van der Waals surface area contributed by atoms with Crippen molar-refractivity contribution in [3.05, 3.63) is 77.4 Å². The van der Waals surface area contributed by atoms with Crippen LogP contribution < -0.4 is 44.3 Å². The largest absolute Gasteiger partial charge is 1.00 e. The maximum Gasteiger partial charge on any atom is 1.00 e. The van der Waals surface area contributed by atoms with Crippen LogP contribution in [0.3, 0.4) is 0 Å². The van der Waals surface area contributed by atoms with E-state index in [0.29, 0.717) is 32.2 Å². The molecule has 10 heteroatoms. The topological polar surface area (TPSA) is 83.8 Å². The van der Waals surface area contributed by atoms with Crippen molar-refractivity contribution in [1.29, 1.82) is 0 Å². The predicted molar refractivity (Wildman–Crippen MR) is 143 cm³/mol. The third kappa shape index (κ3) is 4.85. The molecule has 40 heavy (non-hydrogen) atoms. The molecule has 0 unspecified atom stereocenters. The number of carbonyl (C=O) groups excluding carboxylic acids is 1. The first-order valence-corrected chi connectivity index (χ1v) is 13.3. The van der Waals surface area contributed by atoms with E-state index >= 15 is 0 Å². The second kappa shape index (κ2) is 11.0. The number of esters is 1. The Balaban J connectivity index is 0.00000169. The van der Waals surface area contributed by atoms with E-state index in [4.69, 9.17) is 23.9 Å². The maximum atomic E-state index is 14.4. The number of halogens is 1. The molecule has 1 saturated heterocycles. The fourth-order valence-electron chi connectivity index (χ4n) is 5.85. The van der Waals surface area contributed by atoms with Crippen LogP contribution in [0, 0.1) is 5.82 Å². The average Bonchev–Trinajstić information content (AvgIpc) is 3.64. The zero-order chi connectivity index (χ0) is 26.5. The summed E-state index contributed by atoms with van der Waals surface area (Å²) in [6, 6.07) is 16.5. The van der Waals surface area contributed by atoms with Gasteiger partial charge in [-0.2, -0.15) is 0 Å². The summed E-state index contributed by atoms with van der Waals surface area (Å²) >= 11 is 0. The van der Waals surface area contributed by atoms with Crippen LogP contribution in [0.2, 0.25) is 0 Å². The Morgan fingerprint density at radius 3 is 2.75 bits per heavy atom. The van der Waals surface area contributed by atoms with Gasteiger partial charge in [-0.25, -0.2) is 9.37 Å². The standard InChI is InChI=1S/C30H28FN3O5.Na.H/c1-17(35)39-28-16-37-27-14-20(6-7-22(27)28)32-24-15-38-29-21(24)3-2-4-25(29)34-26-13-19(31)5-8-23(26)33-30(34)18-9-11-36-12-10-18;;/h2-8,13-14,18,24,28,32H,9-12,15-16H2,1H3;;/q;+1;-1/t24-,28-;;/m1../s1. The van der Waals surface area contributed by atoms with E-state index in [9.17, 15) is 9.18 Å². The zero-order valence-corrected chi connectivity index (χ0v) is 24.5. The molecule has 4 aromatic rings. The van der Waals surface area contributed by atoms with E-state index in [0.717, 1.165) is 58.0 Å². The van der Waals surface area contributed by atoms with E-state index in [-0.39, 0.29) is 60.8 Å². The minimum Gasteiger partial charge on any atom is -1.00 e. The minimum atomic E-state index is -0.385. The fraction of sp³-hybridized carbons (Fsp3) is 0.333. The van der Waals surface area contributed by atoms with Gasteiger partial charge in [0.15, 0.2) is 6.10 Å². The number of ether oxygens (including phenoxy) is 4. The van der Waals surface area contributed by atoms with E-state index in [1.807, 2.05) is 30.3 Å². The molecule has 1 N–H and O–H groups in total. The van der Waals surface area contributed by atoms with Crippen LogP contribution in [0.4, 0.5) is 10.1 Å². The summed E-state index contributed by atoms with van der Waals surface area (Å²) in [5, 5.41) is 3.56. The molecule has 1 aromatic heterocycles. The summed E-state index contributed by atoms with van der Waals surface area (Å²) in [6.45, 7) is 3.52. The van der Waals surface area contributed by atoms with Crippen molar-refractivity contribution in [1.82, 2.24) is 9.55 Å². The van der Waals surface area contributed by atoms with Crippen LogP contribution in [-0.2, 0) is 14.3 Å². The Morgan fingerprint density at radius 1 is 1.07 bits per heavy atom. The summed E-state index contributed by atoms with van der Waals surface area (Å²) in [4.78, 5) is 16.3. The van der Waals surface area contributed by atoms with Crippen LogP contribution in [-0.4, -0.2) is 41.9 Å². The number of hydrogen-bond donors (Lipinski definition) is 1. The number of nitrogens with zero attached hydrogens (tertiary/aromatic N) is 2. The van der Waals surface area contributed by atoms with E-state index < -0.39 is 0 Å². The Labute approximate surface area is 254 Å². The van der Waals surface area contributed by atoms with Gasteiger partial charge < -0.3 is 25.7 Å². The number of para-hydroxylation sites is 1. The SMILES string of the molecule is CC(=O)O[C@@H]1COc2cc(N[C@@H]3COc4c3cccc4-n3c(C4CCOCC4)nc4ccc(F)cc43)ccc21.[H-].[Na+]. The molecule has 0 spiro atoms. The van der Waals surface area contributed by atoms with Gasteiger partial charge in [-0.15, -0.1) is 0 Å². The van der Waals surface area contributed by atoms with Gasteiger partial charge in [0.2, 0.25) is 0 Å². The molecule has 0 aliphatic carbocycles. The van der Waals surface area contributed by atoms with Crippen LogP contribution in [0.1, 0.15) is 56.2 Å². The third-order valence-corrected chi connectivity index (χ3v) is 7.66. The molecular formula is C30H29FN3NaO5. The second-order valence-corrected chi connectivity index (χ2v) is 10.2. The second-order valence-electron chi connectivity index (χ2n) is 10.2. The molecule has 7 rings (SSSR count). The van der Waals surface area contributed by atoms with E-state index in [1.165, 1.54) is 13.0 Å². The predicted octanol–water partition coefficient (Wildman–Crippen LogP) is 2.72. The molecular weight excluding hydrogens is 524 g/mol. The number of nitrogens with one attached hydrogen (secondary N) is 1. The first-order valence-electron chi connectivity index (χ1n) is 13.3. The first kappa shape index (κ1) is 27.1. The molecule has 202 valence electrons. The van der Waals surface area contributed by atoms with E-state index in [2.05, 4.69) is 16.0 Å². The van der Waals surface area contributed by atoms with Gasteiger partial charge in [-0.05, 0) is 43.2 Å². The van der Waals surface area contributed by atoms with Crippen LogP contribution >= 0.6 is 0 Å². The molecule has 0 radical (unpaired) electrons. The van der Waals surface area contributed by atoms with Crippen molar-refractivity contribution in [3.8, 4) is 17.2 Å². The Hall–Kier alpha value is -3.11. The number of rotatable bonds is 5. The first-order chi connectivity index (χ1) is 19.0. The van der Waals surface area contributed by atoms with Gasteiger partial charge >= 0.3 is 35.5 Å². The molecule has 8 nitrogen and oxygen atoms in total. The van der Waals surface area contributed by atoms with Gasteiger partial charge in [-0.1, -0.05) is 12.1 Å². The molecule has 3 aliphatic heterocycles. The zero-order valence-electron chi connectivity index (χ0n) is 23.5. The summed E-state index contributed by atoms with van der Waals surface area (Å²) in [5.41, 5.74) is 5.09. The quantitative estimate of drug-likeness (QED) is 0.301. The minimum absolute atomic E-state index is 0. The van der Waals surface area contributed by atoms with Crippen molar-refractivity contribution < 1.29 is 59.1 Å². The molecule has 2 atom stereocenters. The molecule has 3 aliphatic rings. The van der Waals surface area contributed by atoms with Gasteiger partial charge in [0.25, 0.3) is 0 Å². The smallest absolute Gasteiger partial charge is 1.00 e. The van der Waals surface area contributed by atoms with Gasteiger partial charge in [0, 0.05) is 55.0 Å². The molecule has 0 bridgehead atoms. The van der Waals surface area contributed by atoms with Crippen molar-refractivity contribution in [2.45, 2.75) is 37.8 Å². The van der Waals surface area contributed by atoms with Crippen LogP contribution in [0.5, 0.6) is 11.5 Å². The Bertz CT molecular complexity index is 1590.